The van der Waals surface area contributed by atoms with Gasteiger partial charge in [0.25, 0.3) is 5.91 Å². The van der Waals surface area contributed by atoms with Gasteiger partial charge < -0.3 is 14.2 Å². The Morgan fingerprint density at radius 3 is 2.42 bits per heavy atom. The lowest BCUT2D eigenvalue weighted by atomic mass is 10.0. The minimum absolute atomic E-state index is 0.131. The number of nitrogens with zero attached hydrogens (tertiary/aromatic N) is 1. The van der Waals surface area contributed by atoms with E-state index in [4.69, 9.17) is 14.2 Å². The number of fused-ring (bicyclic) bond motifs is 1. The standard InChI is InChI=1S/C23H22FNO6/c1-4-30-20(27)11-12-31-17-8-5-15(6-9-17)22(29-3)21-18-10-7-16(24)13-19(18)25(14(2)26)23(21)28/h5-10,13H,4,11-12H2,1-3H3. The number of halogens is 1. The number of hydrogen-bond donors (Lipinski definition) is 0. The molecule has 0 radical (unpaired) electrons. The van der Waals surface area contributed by atoms with E-state index in [0.29, 0.717) is 23.5 Å². The van der Waals surface area contributed by atoms with E-state index in [1.54, 1.807) is 31.2 Å². The predicted molar refractivity (Wildman–Crippen MR) is 112 cm³/mol. The molecular weight excluding hydrogens is 405 g/mol. The lowest BCUT2D eigenvalue weighted by Crippen LogP contribution is -2.31. The van der Waals surface area contributed by atoms with Crippen molar-refractivity contribution in [1.29, 1.82) is 0 Å². The summed E-state index contributed by atoms with van der Waals surface area (Å²) in [6, 6.07) is 10.6. The number of esters is 1. The molecule has 0 N–H and O–H groups in total. The summed E-state index contributed by atoms with van der Waals surface area (Å²) in [6.07, 6.45) is 0.131. The molecule has 162 valence electrons. The van der Waals surface area contributed by atoms with Crippen molar-refractivity contribution in [1.82, 2.24) is 0 Å². The van der Waals surface area contributed by atoms with Gasteiger partial charge in [-0.3, -0.25) is 14.4 Å². The van der Waals surface area contributed by atoms with Crippen molar-refractivity contribution >= 4 is 34.8 Å². The number of anilines is 1. The first-order valence-corrected chi connectivity index (χ1v) is 9.69. The molecule has 2 aromatic rings. The van der Waals surface area contributed by atoms with Crippen molar-refractivity contribution in [3.63, 3.8) is 0 Å². The first kappa shape index (κ1) is 22.0. The first-order chi connectivity index (χ1) is 14.9. The lowest BCUT2D eigenvalue weighted by molar-refractivity contribution is -0.143. The second-order valence-corrected chi connectivity index (χ2v) is 6.66. The summed E-state index contributed by atoms with van der Waals surface area (Å²) in [6.45, 7) is 3.46. The van der Waals surface area contributed by atoms with Gasteiger partial charge in [0.1, 0.15) is 17.3 Å². The van der Waals surface area contributed by atoms with Crippen molar-refractivity contribution in [2.45, 2.75) is 20.3 Å². The lowest BCUT2D eigenvalue weighted by Gasteiger charge is -2.13. The van der Waals surface area contributed by atoms with Gasteiger partial charge in [0.05, 0.1) is 38.0 Å². The summed E-state index contributed by atoms with van der Waals surface area (Å²) >= 11 is 0. The molecule has 7 nitrogen and oxygen atoms in total. The normalized spacial score (nSPS) is 14.2. The summed E-state index contributed by atoms with van der Waals surface area (Å²) in [5.74, 6) is -1.22. The Hall–Kier alpha value is -3.68. The molecule has 3 rings (SSSR count). The van der Waals surface area contributed by atoms with Gasteiger partial charge in [0.15, 0.2) is 0 Å². The molecule has 0 aromatic heterocycles. The van der Waals surface area contributed by atoms with Crippen LogP contribution in [0, 0.1) is 5.82 Å². The average molecular weight is 427 g/mol. The number of benzene rings is 2. The zero-order valence-corrected chi connectivity index (χ0v) is 17.4. The maximum absolute atomic E-state index is 13.8. The number of imide groups is 1. The van der Waals surface area contributed by atoms with E-state index in [0.717, 1.165) is 11.0 Å². The number of carbonyl (C=O) groups is 3. The molecule has 1 aliphatic rings. The molecule has 1 heterocycles. The van der Waals surface area contributed by atoms with Gasteiger partial charge >= 0.3 is 5.97 Å². The Bertz CT molecular complexity index is 1040. The molecule has 8 heteroatoms. The molecule has 2 amide bonds. The third kappa shape index (κ3) is 4.58. The fraction of sp³-hybridized carbons (Fsp3) is 0.261. The van der Waals surface area contributed by atoms with Crippen LogP contribution in [-0.2, 0) is 23.9 Å². The molecule has 1 aliphatic heterocycles. The Balaban J connectivity index is 1.90. The van der Waals surface area contributed by atoms with Crippen LogP contribution in [-0.4, -0.2) is 38.1 Å². The molecule has 0 atom stereocenters. The number of rotatable bonds is 7. The van der Waals surface area contributed by atoms with Crippen LogP contribution < -0.4 is 9.64 Å². The zero-order valence-electron chi connectivity index (χ0n) is 17.4. The van der Waals surface area contributed by atoms with Gasteiger partial charge in [0, 0.05) is 18.1 Å². The fourth-order valence-electron chi connectivity index (χ4n) is 3.32. The van der Waals surface area contributed by atoms with Crippen LogP contribution >= 0.6 is 0 Å². The molecule has 2 aromatic carbocycles. The maximum Gasteiger partial charge on any atom is 0.309 e. The quantitative estimate of drug-likeness (QED) is 0.382. The number of hydrogen-bond acceptors (Lipinski definition) is 6. The van der Waals surface area contributed by atoms with E-state index in [-0.39, 0.29) is 36.0 Å². The van der Waals surface area contributed by atoms with Crippen LogP contribution in [0.1, 0.15) is 31.4 Å². The van der Waals surface area contributed by atoms with Gasteiger partial charge in [-0.1, -0.05) is 0 Å². The highest BCUT2D eigenvalue weighted by Crippen LogP contribution is 2.41. The smallest absolute Gasteiger partial charge is 0.309 e. The highest BCUT2D eigenvalue weighted by molar-refractivity contribution is 6.42. The maximum atomic E-state index is 13.8. The number of ether oxygens (including phenoxy) is 3. The van der Waals surface area contributed by atoms with E-state index in [2.05, 4.69) is 0 Å². The highest BCUT2D eigenvalue weighted by atomic mass is 19.1. The number of carbonyl (C=O) groups excluding carboxylic acids is 3. The van der Waals surface area contributed by atoms with E-state index >= 15 is 0 Å². The molecule has 0 saturated carbocycles. The Labute approximate surface area is 179 Å². The summed E-state index contributed by atoms with van der Waals surface area (Å²) in [7, 11) is 1.42. The average Bonchev–Trinajstić information content (AvgIpc) is 3.01. The molecule has 0 fully saturated rings. The van der Waals surface area contributed by atoms with Crippen LogP contribution in [0.2, 0.25) is 0 Å². The Kier molecular flexibility index (Phi) is 6.69. The Morgan fingerprint density at radius 2 is 1.81 bits per heavy atom. The largest absolute Gasteiger partial charge is 0.495 e. The van der Waals surface area contributed by atoms with Gasteiger partial charge in [-0.05, 0) is 49.4 Å². The number of amides is 2. The molecule has 0 unspecified atom stereocenters. The van der Waals surface area contributed by atoms with Gasteiger partial charge in [-0.25, -0.2) is 9.29 Å². The van der Waals surface area contributed by atoms with Gasteiger partial charge in [-0.15, -0.1) is 0 Å². The minimum atomic E-state index is -0.584. The third-order valence-electron chi connectivity index (χ3n) is 4.63. The van der Waals surface area contributed by atoms with Crippen molar-refractivity contribution in [3.05, 3.63) is 59.4 Å². The zero-order chi connectivity index (χ0) is 22.5. The van der Waals surface area contributed by atoms with E-state index in [9.17, 15) is 18.8 Å². The molecular formula is C23H22FNO6. The summed E-state index contributed by atoms with van der Waals surface area (Å²) in [4.78, 5) is 37.3. The van der Waals surface area contributed by atoms with Crippen LogP contribution in [0.15, 0.2) is 42.5 Å². The molecule has 0 saturated heterocycles. The van der Waals surface area contributed by atoms with Crippen molar-refractivity contribution in [2.24, 2.45) is 0 Å². The third-order valence-corrected chi connectivity index (χ3v) is 4.63. The molecule has 31 heavy (non-hydrogen) atoms. The first-order valence-electron chi connectivity index (χ1n) is 9.69. The Morgan fingerprint density at radius 1 is 1.10 bits per heavy atom. The van der Waals surface area contributed by atoms with Crippen molar-refractivity contribution < 1.29 is 33.0 Å². The van der Waals surface area contributed by atoms with Crippen LogP contribution in [0.25, 0.3) is 11.3 Å². The predicted octanol–water partition coefficient (Wildman–Crippen LogP) is 3.57. The van der Waals surface area contributed by atoms with Gasteiger partial charge in [0.2, 0.25) is 5.91 Å². The molecule has 0 aliphatic carbocycles. The van der Waals surface area contributed by atoms with E-state index in [1.165, 1.54) is 26.2 Å². The topological polar surface area (TPSA) is 82.1 Å². The van der Waals surface area contributed by atoms with Crippen molar-refractivity contribution in [2.75, 3.05) is 25.2 Å². The summed E-state index contributed by atoms with van der Waals surface area (Å²) in [5.41, 5.74) is 1.34. The fourth-order valence-corrected chi connectivity index (χ4v) is 3.32. The second kappa shape index (κ2) is 9.42. The van der Waals surface area contributed by atoms with Gasteiger partial charge in [-0.2, -0.15) is 0 Å². The highest BCUT2D eigenvalue weighted by Gasteiger charge is 2.38. The van der Waals surface area contributed by atoms with E-state index < -0.39 is 17.6 Å². The number of methoxy groups -OCH3 is 1. The molecule has 0 bridgehead atoms. The second-order valence-electron chi connectivity index (χ2n) is 6.66. The summed E-state index contributed by atoms with van der Waals surface area (Å²) in [5, 5.41) is 0. The van der Waals surface area contributed by atoms with Crippen LogP contribution in [0.4, 0.5) is 10.1 Å². The van der Waals surface area contributed by atoms with E-state index in [1.807, 2.05) is 0 Å². The van der Waals surface area contributed by atoms with Crippen LogP contribution in [0.3, 0.4) is 0 Å². The van der Waals surface area contributed by atoms with Crippen molar-refractivity contribution in [3.8, 4) is 5.75 Å². The minimum Gasteiger partial charge on any atom is -0.495 e. The summed E-state index contributed by atoms with van der Waals surface area (Å²) < 4.78 is 29.7. The molecule has 0 spiro atoms. The monoisotopic (exact) mass is 427 g/mol. The SMILES string of the molecule is CCOC(=O)CCOc1ccc(C(OC)=C2C(=O)N(C(C)=O)c3cc(F)ccc32)cc1. The van der Waals surface area contributed by atoms with Crippen LogP contribution in [0.5, 0.6) is 5.75 Å².